The van der Waals surface area contributed by atoms with Gasteiger partial charge in [0.1, 0.15) is 10.9 Å². The molecule has 190 valence electrons. The number of amides is 2. The van der Waals surface area contributed by atoms with Crippen molar-refractivity contribution in [1.82, 2.24) is 20.3 Å². The lowest BCUT2D eigenvalue weighted by Gasteiger charge is -2.36. The van der Waals surface area contributed by atoms with Crippen LogP contribution in [-0.2, 0) is 20.5 Å². The van der Waals surface area contributed by atoms with Gasteiger partial charge >= 0.3 is 6.18 Å². The topological polar surface area (TPSA) is 112 Å². The average Bonchev–Trinajstić information content (AvgIpc) is 3.20. The average molecular weight is 560 g/mol. The van der Waals surface area contributed by atoms with Crippen molar-refractivity contribution in [3.63, 3.8) is 0 Å². The molecule has 0 spiro atoms. The summed E-state index contributed by atoms with van der Waals surface area (Å²) in [4.78, 5) is 39.8. The Hall–Kier alpha value is -2.61. The van der Waals surface area contributed by atoms with Gasteiger partial charge in [-0.25, -0.2) is 15.4 Å². The van der Waals surface area contributed by atoms with Crippen LogP contribution in [0.5, 0.6) is 0 Å². The van der Waals surface area contributed by atoms with Gasteiger partial charge in [0.2, 0.25) is 5.95 Å². The number of ether oxygens (including phenoxy) is 1. The highest BCUT2D eigenvalue weighted by Crippen LogP contribution is 2.29. The number of nitrogens with one attached hydrogen (secondary N) is 1. The molecule has 0 bridgehead atoms. The SMILES string of the molecule is C[C@@H](CO[C@H]1CCN(C2CCN(c3ncc(C(F)(F)F)cn3)CC2)C1=O)N=C1C=NNC(=O)C1Br. The van der Waals surface area contributed by atoms with Crippen LogP contribution < -0.4 is 10.3 Å². The van der Waals surface area contributed by atoms with Crippen LogP contribution in [0.3, 0.4) is 0 Å². The van der Waals surface area contributed by atoms with E-state index < -0.39 is 22.7 Å². The molecule has 2 amide bonds. The molecule has 1 N–H and O–H groups in total. The second-order valence-electron chi connectivity index (χ2n) is 8.63. The first-order valence-electron chi connectivity index (χ1n) is 11.2. The third kappa shape index (κ3) is 5.97. The molecule has 1 unspecified atom stereocenters. The van der Waals surface area contributed by atoms with Gasteiger partial charge in [-0.05, 0) is 19.8 Å². The van der Waals surface area contributed by atoms with Crippen molar-refractivity contribution in [3.05, 3.63) is 18.0 Å². The Morgan fingerprint density at radius 2 is 1.89 bits per heavy atom. The summed E-state index contributed by atoms with van der Waals surface area (Å²) in [5.74, 6) is -0.102. The van der Waals surface area contributed by atoms with Crippen LogP contribution >= 0.6 is 15.9 Å². The molecule has 35 heavy (non-hydrogen) atoms. The number of rotatable bonds is 6. The Morgan fingerprint density at radius 3 is 2.54 bits per heavy atom. The normalized spacial score (nSPS) is 25.9. The monoisotopic (exact) mass is 559 g/mol. The quantitative estimate of drug-likeness (QED) is 0.532. The number of carbonyl (C=O) groups is 2. The Bertz CT molecular complexity index is 997. The number of piperidine rings is 1. The third-order valence-electron chi connectivity index (χ3n) is 6.11. The van der Waals surface area contributed by atoms with Crippen molar-refractivity contribution in [2.75, 3.05) is 31.1 Å². The first kappa shape index (κ1) is 25.5. The van der Waals surface area contributed by atoms with Crippen LogP contribution in [0, 0.1) is 0 Å². The number of hydrogen-bond donors (Lipinski definition) is 1. The van der Waals surface area contributed by atoms with Crippen molar-refractivity contribution in [2.45, 2.75) is 55.4 Å². The fourth-order valence-corrected chi connectivity index (χ4v) is 4.60. The van der Waals surface area contributed by atoms with Gasteiger partial charge in [-0.15, -0.1) is 0 Å². The smallest absolute Gasteiger partial charge is 0.366 e. The predicted molar refractivity (Wildman–Crippen MR) is 125 cm³/mol. The number of hydrogen-bond acceptors (Lipinski definition) is 8. The Morgan fingerprint density at radius 1 is 1.20 bits per heavy atom. The molecule has 3 atom stereocenters. The Kier molecular flexibility index (Phi) is 7.69. The van der Waals surface area contributed by atoms with Crippen molar-refractivity contribution < 1.29 is 27.5 Å². The van der Waals surface area contributed by atoms with Gasteiger partial charge in [-0.3, -0.25) is 14.6 Å². The van der Waals surface area contributed by atoms with Crippen LogP contribution in [-0.4, -0.2) is 87.9 Å². The fraction of sp³-hybridized carbons (Fsp3) is 0.619. The minimum absolute atomic E-state index is 0.0329. The molecule has 0 aliphatic carbocycles. The number of alkyl halides is 4. The van der Waals surface area contributed by atoms with E-state index in [1.807, 2.05) is 16.7 Å². The number of aliphatic imine (C=N–C) groups is 1. The van der Waals surface area contributed by atoms with E-state index in [0.717, 1.165) is 12.4 Å². The van der Waals surface area contributed by atoms with Crippen molar-refractivity contribution >= 4 is 45.6 Å². The number of aromatic nitrogens is 2. The fourth-order valence-electron chi connectivity index (χ4n) is 4.26. The number of anilines is 1. The standard InChI is InChI=1S/C21H25BrF3N7O3/c1-12(29-15-10-28-30-18(33)17(15)22)11-35-16-4-7-32(19(16)34)14-2-5-31(6-3-14)20-26-8-13(9-27-20)21(23,24)25/h8-10,12,14,16-17H,2-7,11H2,1H3,(H,30,33)/t12-,16-,17?/m0/s1. The summed E-state index contributed by atoms with van der Waals surface area (Å²) < 4.78 is 44.0. The zero-order chi connectivity index (χ0) is 25.2. The molecular weight excluding hydrogens is 535 g/mol. The van der Waals surface area contributed by atoms with Crippen LogP contribution in [0.4, 0.5) is 19.1 Å². The minimum atomic E-state index is -4.47. The van der Waals surface area contributed by atoms with E-state index in [9.17, 15) is 22.8 Å². The first-order valence-corrected chi connectivity index (χ1v) is 12.2. The number of hydrazone groups is 1. The molecule has 3 aliphatic heterocycles. The van der Waals surface area contributed by atoms with Crippen molar-refractivity contribution in [2.24, 2.45) is 10.1 Å². The van der Waals surface area contributed by atoms with E-state index in [-0.39, 0.29) is 36.5 Å². The molecule has 0 radical (unpaired) electrons. The molecular formula is C21H25BrF3N7O3. The van der Waals surface area contributed by atoms with Crippen LogP contribution in [0.1, 0.15) is 31.7 Å². The molecule has 2 fully saturated rings. The van der Waals surface area contributed by atoms with E-state index in [1.165, 1.54) is 6.21 Å². The highest BCUT2D eigenvalue weighted by atomic mass is 79.9. The van der Waals surface area contributed by atoms with E-state index in [0.29, 0.717) is 44.6 Å². The van der Waals surface area contributed by atoms with Gasteiger partial charge in [0.15, 0.2) is 0 Å². The second kappa shape index (κ2) is 10.6. The molecule has 0 saturated carbocycles. The lowest BCUT2D eigenvalue weighted by atomic mass is 10.0. The van der Waals surface area contributed by atoms with Gasteiger partial charge in [-0.1, -0.05) is 15.9 Å². The molecule has 10 nitrogen and oxygen atoms in total. The number of nitrogens with zero attached hydrogens (tertiary/aromatic N) is 6. The van der Waals surface area contributed by atoms with Gasteiger partial charge in [0, 0.05) is 44.5 Å². The molecule has 4 heterocycles. The third-order valence-corrected chi connectivity index (χ3v) is 7.00. The maximum atomic E-state index is 12.9. The summed E-state index contributed by atoms with van der Waals surface area (Å²) in [5, 5.41) is 3.75. The predicted octanol–water partition coefficient (Wildman–Crippen LogP) is 1.79. The summed E-state index contributed by atoms with van der Waals surface area (Å²) in [5.41, 5.74) is 1.96. The van der Waals surface area contributed by atoms with Crippen molar-refractivity contribution in [1.29, 1.82) is 0 Å². The van der Waals surface area contributed by atoms with Crippen LogP contribution in [0.2, 0.25) is 0 Å². The van der Waals surface area contributed by atoms with Crippen LogP contribution in [0.25, 0.3) is 0 Å². The summed E-state index contributed by atoms with van der Waals surface area (Å²) in [6.07, 6.45) is -0.0435. The molecule has 2 saturated heterocycles. The summed E-state index contributed by atoms with van der Waals surface area (Å²) in [6, 6.07) is -0.234. The zero-order valence-corrected chi connectivity index (χ0v) is 20.5. The first-order chi connectivity index (χ1) is 16.6. The molecule has 1 aromatic rings. The van der Waals surface area contributed by atoms with E-state index in [1.54, 1.807) is 0 Å². The van der Waals surface area contributed by atoms with Gasteiger partial charge < -0.3 is 14.5 Å². The molecule has 14 heteroatoms. The van der Waals surface area contributed by atoms with Crippen LogP contribution in [0.15, 0.2) is 22.5 Å². The van der Waals surface area contributed by atoms with Gasteiger partial charge in [0.05, 0.1) is 30.1 Å². The summed E-state index contributed by atoms with van der Waals surface area (Å²) in [6.45, 7) is 3.74. The van der Waals surface area contributed by atoms with Gasteiger partial charge in [0.25, 0.3) is 11.8 Å². The maximum Gasteiger partial charge on any atom is 0.419 e. The summed E-state index contributed by atoms with van der Waals surface area (Å²) >= 11 is 3.27. The lowest BCUT2D eigenvalue weighted by molar-refractivity contribution is -0.139. The molecule has 0 aromatic carbocycles. The minimum Gasteiger partial charge on any atom is -0.366 e. The molecule has 4 rings (SSSR count). The summed E-state index contributed by atoms with van der Waals surface area (Å²) in [7, 11) is 0. The second-order valence-corrected chi connectivity index (χ2v) is 9.55. The lowest BCUT2D eigenvalue weighted by Crippen LogP contribution is -2.47. The molecule has 1 aromatic heterocycles. The van der Waals surface area contributed by atoms with E-state index in [4.69, 9.17) is 4.74 Å². The number of carbonyl (C=O) groups excluding carboxylic acids is 2. The van der Waals surface area contributed by atoms with Gasteiger partial charge in [-0.2, -0.15) is 18.3 Å². The zero-order valence-electron chi connectivity index (χ0n) is 18.9. The van der Waals surface area contributed by atoms with Crippen molar-refractivity contribution in [3.8, 4) is 0 Å². The number of halogens is 4. The molecule has 3 aliphatic rings. The Labute approximate surface area is 208 Å². The highest BCUT2D eigenvalue weighted by Gasteiger charge is 2.38. The Balaban J connectivity index is 1.25. The maximum absolute atomic E-state index is 12.9. The van der Waals surface area contributed by atoms with E-state index >= 15 is 0 Å². The largest absolute Gasteiger partial charge is 0.419 e. The highest BCUT2D eigenvalue weighted by molar-refractivity contribution is 9.10. The number of likely N-dealkylation sites (tertiary alicyclic amines) is 1. The van der Waals surface area contributed by atoms with E-state index in [2.05, 4.69) is 41.4 Å².